The van der Waals surface area contributed by atoms with Crippen molar-refractivity contribution in [2.24, 2.45) is 0 Å². The summed E-state index contributed by atoms with van der Waals surface area (Å²) in [6.45, 7) is 0.895. The van der Waals surface area contributed by atoms with Gasteiger partial charge in [-0.25, -0.2) is 0 Å². The zero-order chi connectivity index (χ0) is 12.5. The Bertz CT molecular complexity index is 402. The van der Waals surface area contributed by atoms with Gasteiger partial charge in [-0.1, -0.05) is 15.9 Å². The van der Waals surface area contributed by atoms with Crippen LogP contribution in [0.5, 0.6) is 5.75 Å². The molecule has 17 heavy (non-hydrogen) atoms. The first-order valence-electron chi connectivity index (χ1n) is 5.24. The van der Waals surface area contributed by atoms with E-state index >= 15 is 0 Å². The van der Waals surface area contributed by atoms with Crippen molar-refractivity contribution in [3.8, 4) is 5.75 Å². The molecule has 1 aromatic rings. The molecule has 94 valence electrons. The Labute approximate surface area is 105 Å². The van der Waals surface area contributed by atoms with Crippen molar-refractivity contribution >= 4 is 15.9 Å². The molecule has 0 spiro atoms. The van der Waals surface area contributed by atoms with Gasteiger partial charge in [-0.15, -0.1) is 13.2 Å². The Morgan fingerprint density at radius 2 is 2.06 bits per heavy atom. The van der Waals surface area contributed by atoms with Gasteiger partial charge in [0.2, 0.25) is 0 Å². The van der Waals surface area contributed by atoms with Crippen LogP contribution in [0, 0.1) is 0 Å². The standard InChI is InChI=1S/C11H11BrF3NO/c12-8-4-7(10-2-1-3-16-10)5-9(6-8)17-11(13,14)15/h4-6,10,16H,1-3H2/t10-/m1/s1. The summed E-state index contributed by atoms with van der Waals surface area (Å²) in [6, 6.07) is 4.67. The van der Waals surface area contributed by atoms with Gasteiger partial charge in [0.25, 0.3) is 0 Å². The van der Waals surface area contributed by atoms with Crippen molar-refractivity contribution in [2.75, 3.05) is 6.54 Å². The maximum atomic E-state index is 12.1. The summed E-state index contributed by atoms with van der Waals surface area (Å²) in [5.41, 5.74) is 0.816. The average molecular weight is 310 g/mol. The van der Waals surface area contributed by atoms with Crippen LogP contribution < -0.4 is 10.1 Å². The molecular weight excluding hydrogens is 299 g/mol. The minimum absolute atomic E-state index is 0.114. The normalized spacial score (nSPS) is 20.6. The third kappa shape index (κ3) is 3.61. The van der Waals surface area contributed by atoms with E-state index in [1.807, 2.05) is 6.07 Å². The highest BCUT2D eigenvalue weighted by Gasteiger charge is 2.31. The lowest BCUT2D eigenvalue weighted by Crippen LogP contribution is -2.18. The van der Waals surface area contributed by atoms with Gasteiger partial charge >= 0.3 is 6.36 Å². The summed E-state index contributed by atoms with van der Waals surface area (Å²) in [4.78, 5) is 0. The highest BCUT2D eigenvalue weighted by molar-refractivity contribution is 9.10. The molecule has 1 aromatic carbocycles. The van der Waals surface area contributed by atoms with E-state index in [2.05, 4.69) is 26.0 Å². The Morgan fingerprint density at radius 3 is 2.65 bits per heavy atom. The minimum Gasteiger partial charge on any atom is -0.406 e. The van der Waals surface area contributed by atoms with Crippen LogP contribution in [0.15, 0.2) is 22.7 Å². The molecule has 0 aromatic heterocycles. The maximum Gasteiger partial charge on any atom is 0.573 e. The molecule has 2 rings (SSSR count). The first-order valence-corrected chi connectivity index (χ1v) is 6.03. The summed E-state index contributed by atoms with van der Waals surface area (Å²) < 4.78 is 40.9. The van der Waals surface area contributed by atoms with E-state index in [1.165, 1.54) is 12.1 Å². The fraction of sp³-hybridized carbons (Fsp3) is 0.455. The van der Waals surface area contributed by atoms with Crippen LogP contribution in [0.4, 0.5) is 13.2 Å². The van der Waals surface area contributed by atoms with Crippen LogP contribution in [0.1, 0.15) is 24.4 Å². The molecule has 0 bridgehead atoms. The number of hydrogen-bond donors (Lipinski definition) is 1. The fourth-order valence-corrected chi connectivity index (χ4v) is 2.44. The smallest absolute Gasteiger partial charge is 0.406 e. The third-order valence-electron chi connectivity index (χ3n) is 2.59. The highest BCUT2D eigenvalue weighted by atomic mass is 79.9. The van der Waals surface area contributed by atoms with Gasteiger partial charge in [0.15, 0.2) is 0 Å². The number of ether oxygens (including phenoxy) is 1. The van der Waals surface area contributed by atoms with Crippen LogP contribution >= 0.6 is 15.9 Å². The first-order chi connectivity index (χ1) is 7.94. The molecule has 2 nitrogen and oxygen atoms in total. The zero-order valence-electron chi connectivity index (χ0n) is 8.85. The lowest BCUT2D eigenvalue weighted by Gasteiger charge is -2.14. The number of nitrogens with one attached hydrogen (secondary N) is 1. The summed E-state index contributed by atoms with van der Waals surface area (Å²) in [5.74, 6) is -0.185. The predicted molar refractivity (Wildman–Crippen MR) is 60.8 cm³/mol. The number of alkyl halides is 3. The molecule has 6 heteroatoms. The van der Waals surface area contributed by atoms with Crippen molar-refractivity contribution in [2.45, 2.75) is 25.2 Å². The Hall–Kier alpha value is -0.750. The number of hydrogen-bond acceptors (Lipinski definition) is 2. The maximum absolute atomic E-state index is 12.1. The van der Waals surface area contributed by atoms with Crippen molar-refractivity contribution in [1.29, 1.82) is 0 Å². The highest BCUT2D eigenvalue weighted by Crippen LogP contribution is 2.32. The summed E-state index contributed by atoms with van der Waals surface area (Å²) >= 11 is 3.19. The lowest BCUT2D eigenvalue weighted by atomic mass is 10.1. The van der Waals surface area contributed by atoms with Gasteiger partial charge in [0.1, 0.15) is 5.75 Å². The van der Waals surface area contributed by atoms with Crippen LogP contribution in [0.2, 0.25) is 0 Å². The second kappa shape index (κ2) is 4.86. The molecule has 0 unspecified atom stereocenters. The van der Waals surface area contributed by atoms with Gasteiger partial charge < -0.3 is 10.1 Å². The second-order valence-electron chi connectivity index (χ2n) is 3.92. The van der Waals surface area contributed by atoms with E-state index in [0.717, 1.165) is 24.9 Å². The molecule has 1 N–H and O–H groups in total. The first kappa shape index (κ1) is 12.7. The van der Waals surface area contributed by atoms with E-state index in [1.54, 1.807) is 0 Å². The van der Waals surface area contributed by atoms with Gasteiger partial charge in [0.05, 0.1) is 0 Å². The van der Waals surface area contributed by atoms with Crippen LogP contribution in [-0.2, 0) is 0 Å². The van der Waals surface area contributed by atoms with E-state index in [-0.39, 0.29) is 11.8 Å². The topological polar surface area (TPSA) is 21.3 Å². The number of halogens is 4. The molecule has 0 aliphatic carbocycles. The SMILES string of the molecule is FC(F)(F)Oc1cc(Br)cc([C@H]2CCCN2)c1. The van der Waals surface area contributed by atoms with E-state index in [4.69, 9.17) is 0 Å². The van der Waals surface area contributed by atoms with Crippen LogP contribution in [0.3, 0.4) is 0 Å². The summed E-state index contributed by atoms with van der Waals surface area (Å²) in [6.07, 6.45) is -2.68. The van der Waals surface area contributed by atoms with Crippen LogP contribution in [-0.4, -0.2) is 12.9 Å². The van der Waals surface area contributed by atoms with Gasteiger partial charge in [-0.05, 0) is 43.1 Å². The van der Waals surface area contributed by atoms with Crippen molar-refractivity contribution in [3.05, 3.63) is 28.2 Å². The van der Waals surface area contributed by atoms with Gasteiger partial charge in [-0.3, -0.25) is 0 Å². The molecule has 1 aliphatic heterocycles. The van der Waals surface area contributed by atoms with Gasteiger partial charge in [-0.2, -0.15) is 0 Å². The zero-order valence-corrected chi connectivity index (χ0v) is 10.4. The molecule has 1 aliphatic rings. The number of benzene rings is 1. The minimum atomic E-state index is -4.65. The summed E-state index contributed by atoms with van der Waals surface area (Å²) in [5, 5.41) is 3.23. The number of rotatable bonds is 2. The van der Waals surface area contributed by atoms with Crippen LogP contribution in [0.25, 0.3) is 0 Å². The average Bonchev–Trinajstić information content (AvgIpc) is 2.65. The van der Waals surface area contributed by atoms with E-state index < -0.39 is 6.36 Å². The van der Waals surface area contributed by atoms with Gasteiger partial charge in [0, 0.05) is 10.5 Å². The largest absolute Gasteiger partial charge is 0.573 e. The third-order valence-corrected chi connectivity index (χ3v) is 3.05. The second-order valence-corrected chi connectivity index (χ2v) is 4.83. The Kier molecular flexibility index (Phi) is 3.63. The quantitative estimate of drug-likeness (QED) is 0.898. The monoisotopic (exact) mass is 309 g/mol. The Morgan fingerprint density at radius 1 is 1.29 bits per heavy atom. The molecular formula is C11H11BrF3NO. The molecule has 0 amide bonds. The molecule has 1 heterocycles. The molecule has 0 radical (unpaired) electrons. The molecule has 1 saturated heterocycles. The lowest BCUT2D eigenvalue weighted by molar-refractivity contribution is -0.274. The van der Waals surface area contributed by atoms with Crippen molar-refractivity contribution < 1.29 is 17.9 Å². The molecule has 0 saturated carbocycles. The van der Waals surface area contributed by atoms with Crippen molar-refractivity contribution in [3.63, 3.8) is 0 Å². The predicted octanol–water partition coefficient (Wildman–Crippen LogP) is 3.77. The fourth-order valence-electron chi connectivity index (χ4n) is 1.95. The van der Waals surface area contributed by atoms with Crippen molar-refractivity contribution in [1.82, 2.24) is 5.32 Å². The summed E-state index contributed by atoms with van der Waals surface area (Å²) in [7, 11) is 0. The Balaban J connectivity index is 2.22. The van der Waals surface area contributed by atoms with E-state index in [9.17, 15) is 13.2 Å². The molecule has 1 atom stereocenters. The molecule has 1 fully saturated rings. The van der Waals surface area contributed by atoms with E-state index in [0.29, 0.717) is 4.47 Å².